The van der Waals surface area contributed by atoms with E-state index in [1.54, 1.807) is 6.92 Å². The number of ether oxygens (including phenoxy) is 2. The molecule has 1 fully saturated rings. The molecule has 16 heteroatoms. The number of phosphoric ester groups is 1. The maximum atomic E-state index is 12.6. The van der Waals surface area contributed by atoms with Gasteiger partial charge in [0.1, 0.15) is 6.23 Å². The van der Waals surface area contributed by atoms with E-state index < -0.39 is 44.1 Å². The van der Waals surface area contributed by atoms with E-state index in [0.717, 1.165) is 12.2 Å². The molecule has 2 rings (SSSR count). The Morgan fingerprint density at radius 1 is 0.927 bits per heavy atom. The van der Waals surface area contributed by atoms with Crippen molar-refractivity contribution in [3.63, 3.8) is 0 Å². The summed E-state index contributed by atoms with van der Waals surface area (Å²) in [5.74, 6) is 1.14. The third kappa shape index (κ3) is 23.5. The number of aromatic nitrogens is 2. The number of phosphoric acid groups is 1. The molecule has 0 radical (unpaired) electrons. The average Bonchev–Trinajstić information content (AvgIpc) is 3.55. The number of aromatic amines is 1. The number of rotatable bonds is 34. The molecule has 6 atom stereocenters. The molecule has 312 valence electrons. The van der Waals surface area contributed by atoms with Crippen molar-refractivity contribution < 1.29 is 57.5 Å². The summed E-state index contributed by atoms with van der Waals surface area (Å²) in [5.41, 5.74) is 8.11. The standard InChI is InChI=1S/C39H72N5O8PS.Na/c1-5-7-9-11-13-15-16-17-18-20-22-25-36(54-28-23-21-19-14-12-10-8-6-2)33(4)49-26-24-27-50-53(47,48)51-31-35-34(42-43-40)29-37(52-35)44-30-32(3)38(45)41-39(44)46;/h30,33-37H,5-29,31H2,1-4H3,(H,47,48)(H,41,45,46);/q;+1/p-1/t33?,34-,35+,36?,37+;/m0./s1. The number of nitrogens with zero attached hydrogens (tertiary/aromatic N) is 4. The first-order valence-electron chi connectivity index (χ1n) is 21.0. The predicted octanol–water partition coefficient (Wildman–Crippen LogP) is 7.06. The number of unbranched alkanes of at least 4 members (excludes halogenated alkanes) is 17. The van der Waals surface area contributed by atoms with E-state index in [9.17, 15) is 19.0 Å². The molecule has 0 amide bonds. The first kappa shape index (κ1) is 52.4. The number of aryl methyl sites for hydroxylation is 1. The molecule has 55 heavy (non-hydrogen) atoms. The van der Waals surface area contributed by atoms with Crippen molar-refractivity contribution in [2.24, 2.45) is 5.11 Å². The molecule has 0 spiro atoms. The molecule has 13 nitrogen and oxygen atoms in total. The molecule has 3 unspecified atom stereocenters. The molecule has 1 aliphatic heterocycles. The van der Waals surface area contributed by atoms with Crippen LogP contribution in [0.4, 0.5) is 0 Å². The van der Waals surface area contributed by atoms with Gasteiger partial charge in [0, 0.05) is 34.9 Å². The Balaban J connectivity index is 0.0000151. The van der Waals surface area contributed by atoms with Crippen LogP contribution in [0.2, 0.25) is 0 Å². The molecular formula is C39H71N5NaO8PS. The molecule has 1 N–H and O–H groups in total. The van der Waals surface area contributed by atoms with Crippen LogP contribution in [0.25, 0.3) is 10.4 Å². The van der Waals surface area contributed by atoms with Crippen molar-refractivity contribution in [1.82, 2.24) is 9.55 Å². The van der Waals surface area contributed by atoms with Crippen LogP contribution in [-0.2, 0) is 23.1 Å². The van der Waals surface area contributed by atoms with Gasteiger partial charge in [0.05, 0.1) is 31.5 Å². The van der Waals surface area contributed by atoms with E-state index in [4.69, 9.17) is 24.1 Å². The van der Waals surface area contributed by atoms with E-state index in [2.05, 4.69) is 35.8 Å². The monoisotopic (exact) mass is 823 g/mol. The molecule has 1 aromatic rings. The van der Waals surface area contributed by atoms with Gasteiger partial charge in [0.2, 0.25) is 0 Å². The minimum absolute atomic E-state index is 0. The van der Waals surface area contributed by atoms with Gasteiger partial charge in [0.15, 0.2) is 0 Å². The smallest absolute Gasteiger partial charge is 0.756 e. The van der Waals surface area contributed by atoms with Crippen LogP contribution in [0.5, 0.6) is 0 Å². The van der Waals surface area contributed by atoms with E-state index in [0.29, 0.717) is 23.8 Å². The van der Waals surface area contributed by atoms with Crippen LogP contribution >= 0.6 is 19.6 Å². The van der Waals surface area contributed by atoms with Crippen LogP contribution in [0.15, 0.2) is 20.9 Å². The van der Waals surface area contributed by atoms with Crippen molar-refractivity contribution in [3.8, 4) is 0 Å². The summed E-state index contributed by atoms with van der Waals surface area (Å²) in [4.78, 5) is 41.7. The molecule has 0 bridgehead atoms. The normalized spacial score (nSPS) is 19.0. The fraction of sp³-hybridized carbons (Fsp3) is 0.897. The van der Waals surface area contributed by atoms with E-state index in [1.807, 2.05) is 11.8 Å². The summed E-state index contributed by atoms with van der Waals surface area (Å²) < 4.78 is 36.0. The minimum Gasteiger partial charge on any atom is -0.756 e. The van der Waals surface area contributed by atoms with Crippen LogP contribution in [0.1, 0.15) is 174 Å². The molecular weight excluding hydrogens is 752 g/mol. The zero-order valence-corrected chi connectivity index (χ0v) is 38.5. The van der Waals surface area contributed by atoms with Crippen LogP contribution in [0, 0.1) is 6.92 Å². The molecule has 0 saturated carbocycles. The van der Waals surface area contributed by atoms with Gasteiger partial charge in [-0.25, -0.2) is 4.79 Å². The SMILES string of the molecule is CCCCCCCCCCCCCC(SCCCCCCCCCC)C(C)OCCCOP(=O)([O-])OC[C@H]1O[C@@H](n2cc(C)c(=O)[nH]c2=O)C[C@@H]1N=[N+]=[N-].[Na+]. The predicted molar refractivity (Wildman–Crippen MR) is 217 cm³/mol. The summed E-state index contributed by atoms with van der Waals surface area (Å²) >= 11 is 2.03. The first-order chi connectivity index (χ1) is 26.1. The number of thioether (sulfide) groups is 1. The molecule has 1 aliphatic rings. The quantitative estimate of drug-likeness (QED) is 0.0190. The topological polar surface area (TPSA) is 181 Å². The number of hydrogen-bond donors (Lipinski definition) is 1. The minimum atomic E-state index is -4.70. The van der Waals surface area contributed by atoms with Gasteiger partial charge in [-0.3, -0.25) is 18.9 Å². The number of nitrogens with one attached hydrogen (secondary N) is 1. The Hall–Kier alpha value is -0.630. The van der Waals surface area contributed by atoms with Gasteiger partial charge in [-0.15, -0.1) is 0 Å². The third-order valence-electron chi connectivity index (χ3n) is 10.1. The Kier molecular flexibility index (Phi) is 30.7. The van der Waals surface area contributed by atoms with Crippen LogP contribution in [-0.4, -0.2) is 58.6 Å². The number of H-pyrrole nitrogens is 1. The number of hydrogen-bond acceptors (Lipinski definition) is 10. The van der Waals surface area contributed by atoms with Gasteiger partial charge in [-0.2, -0.15) is 11.8 Å². The van der Waals surface area contributed by atoms with E-state index >= 15 is 0 Å². The van der Waals surface area contributed by atoms with Gasteiger partial charge < -0.3 is 23.4 Å². The first-order valence-corrected chi connectivity index (χ1v) is 23.5. The Labute approximate surface area is 357 Å². The van der Waals surface area contributed by atoms with Crippen LogP contribution in [0.3, 0.4) is 0 Å². The van der Waals surface area contributed by atoms with Crippen molar-refractivity contribution in [2.45, 2.75) is 199 Å². The van der Waals surface area contributed by atoms with E-state index in [1.165, 1.54) is 133 Å². The summed E-state index contributed by atoms with van der Waals surface area (Å²) in [6.07, 6.45) is 26.2. The molecule has 2 heterocycles. The summed E-state index contributed by atoms with van der Waals surface area (Å²) in [6, 6.07) is -0.791. The third-order valence-corrected chi connectivity index (χ3v) is 12.7. The second kappa shape index (κ2) is 32.2. The van der Waals surface area contributed by atoms with Crippen molar-refractivity contribution >= 4 is 19.6 Å². The molecule has 0 aliphatic carbocycles. The largest absolute Gasteiger partial charge is 1.00 e. The Bertz CT molecular complexity index is 1350. The molecule has 1 aromatic heterocycles. The molecule has 0 aromatic carbocycles. The van der Waals surface area contributed by atoms with Crippen molar-refractivity contribution in [2.75, 3.05) is 25.6 Å². The fourth-order valence-corrected chi connectivity index (χ4v) is 8.88. The second-order valence-corrected chi connectivity index (χ2v) is 17.6. The second-order valence-electron chi connectivity index (χ2n) is 14.8. The maximum absolute atomic E-state index is 12.6. The maximum Gasteiger partial charge on any atom is 1.00 e. The Morgan fingerprint density at radius 3 is 2.07 bits per heavy atom. The van der Waals surface area contributed by atoms with Gasteiger partial charge in [-0.1, -0.05) is 135 Å². The zero-order chi connectivity index (χ0) is 39.4. The van der Waals surface area contributed by atoms with Gasteiger partial charge in [-0.05, 0) is 44.4 Å². The summed E-state index contributed by atoms with van der Waals surface area (Å²) in [7, 11) is -4.70. The fourth-order valence-electron chi connectivity index (χ4n) is 6.77. The van der Waals surface area contributed by atoms with E-state index in [-0.39, 0.29) is 48.7 Å². The Morgan fingerprint density at radius 2 is 1.49 bits per heavy atom. The molecule has 1 saturated heterocycles. The zero-order valence-electron chi connectivity index (χ0n) is 34.8. The van der Waals surface area contributed by atoms with Crippen LogP contribution < -0.4 is 45.7 Å². The van der Waals surface area contributed by atoms with Crippen molar-refractivity contribution in [1.29, 1.82) is 0 Å². The average molecular weight is 824 g/mol. The summed E-state index contributed by atoms with van der Waals surface area (Å²) in [6.45, 7) is 8.01. The summed E-state index contributed by atoms with van der Waals surface area (Å²) in [5, 5.41) is 4.10. The van der Waals surface area contributed by atoms with Gasteiger partial charge >= 0.3 is 35.2 Å². The number of azide groups is 1. The van der Waals surface area contributed by atoms with Crippen molar-refractivity contribution in [3.05, 3.63) is 43.0 Å². The van der Waals surface area contributed by atoms with Gasteiger partial charge in [0.25, 0.3) is 13.4 Å².